The molecule has 5 heteroatoms. The Balaban J connectivity index is 0.00000225. The SMILES string of the molecule is Cl.Nc1cccc(C(=O)N(Cc2ccccc2)CC2CCOCC2)c1. The lowest BCUT2D eigenvalue weighted by molar-refractivity contribution is 0.0446. The van der Waals surface area contributed by atoms with E-state index in [1.165, 1.54) is 0 Å². The number of nitrogens with two attached hydrogens (primary N) is 1. The molecule has 0 bridgehead atoms. The highest BCUT2D eigenvalue weighted by Crippen LogP contribution is 2.20. The summed E-state index contributed by atoms with van der Waals surface area (Å²) in [6.45, 7) is 2.95. The minimum absolute atomic E-state index is 0. The highest BCUT2D eigenvalue weighted by molar-refractivity contribution is 5.95. The minimum atomic E-state index is 0. The maximum atomic E-state index is 13.0. The quantitative estimate of drug-likeness (QED) is 0.826. The number of anilines is 1. The molecule has 0 atom stereocenters. The highest BCUT2D eigenvalue weighted by atomic mass is 35.5. The van der Waals surface area contributed by atoms with Gasteiger partial charge >= 0.3 is 0 Å². The molecule has 1 amide bonds. The highest BCUT2D eigenvalue weighted by Gasteiger charge is 2.22. The van der Waals surface area contributed by atoms with Gasteiger partial charge in [0.2, 0.25) is 0 Å². The molecule has 0 aliphatic carbocycles. The first-order valence-electron chi connectivity index (χ1n) is 8.49. The fourth-order valence-electron chi connectivity index (χ4n) is 3.12. The van der Waals surface area contributed by atoms with Gasteiger partial charge in [0, 0.05) is 37.6 Å². The van der Waals surface area contributed by atoms with Crippen LogP contribution in [0.2, 0.25) is 0 Å². The van der Waals surface area contributed by atoms with Crippen LogP contribution in [-0.4, -0.2) is 30.6 Å². The Kier molecular flexibility index (Phi) is 7.29. The number of nitrogen functional groups attached to an aromatic ring is 1. The lowest BCUT2D eigenvalue weighted by atomic mass is 9.99. The van der Waals surface area contributed by atoms with Gasteiger partial charge in [0.25, 0.3) is 5.91 Å². The summed E-state index contributed by atoms with van der Waals surface area (Å²) in [5.74, 6) is 0.533. The van der Waals surface area contributed by atoms with E-state index in [2.05, 4.69) is 12.1 Å². The molecule has 0 aromatic heterocycles. The van der Waals surface area contributed by atoms with E-state index in [4.69, 9.17) is 10.5 Å². The fraction of sp³-hybridized carbons (Fsp3) is 0.350. The van der Waals surface area contributed by atoms with Gasteiger partial charge in [-0.3, -0.25) is 4.79 Å². The summed E-state index contributed by atoms with van der Waals surface area (Å²) in [7, 11) is 0. The number of hydrogen-bond acceptors (Lipinski definition) is 3. The fourth-order valence-corrected chi connectivity index (χ4v) is 3.12. The molecule has 1 saturated heterocycles. The van der Waals surface area contributed by atoms with E-state index in [0.29, 0.717) is 23.7 Å². The smallest absolute Gasteiger partial charge is 0.254 e. The van der Waals surface area contributed by atoms with Crippen molar-refractivity contribution in [1.82, 2.24) is 4.90 Å². The normalized spacial score (nSPS) is 14.6. The molecule has 2 N–H and O–H groups in total. The van der Waals surface area contributed by atoms with Crippen LogP contribution in [0, 0.1) is 5.92 Å². The third kappa shape index (κ3) is 5.48. The Labute approximate surface area is 155 Å². The van der Waals surface area contributed by atoms with E-state index >= 15 is 0 Å². The number of carbonyl (C=O) groups excluding carboxylic acids is 1. The van der Waals surface area contributed by atoms with Crippen LogP contribution in [0.25, 0.3) is 0 Å². The summed E-state index contributed by atoms with van der Waals surface area (Å²) in [5.41, 5.74) is 8.25. The Morgan fingerprint density at radius 3 is 2.48 bits per heavy atom. The van der Waals surface area contributed by atoms with Gasteiger partial charge in [-0.05, 0) is 42.5 Å². The van der Waals surface area contributed by atoms with Crippen molar-refractivity contribution in [3.8, 4) is 0 Å². The molecular formula is C20H25ClN2O2. The van der Waals surface area contributed by atoms with Crippen molar-refractivity contribution >= 4 is 24.0 Å². The summed E-state index contributed by atoms with van der Waals surface area (Å²) in [6.07, 6.45) is 2.02. The number of carbonyl (C=O) groups is 1. The number of rotatable bonds is 5. The van der Waals surface area contributed by atoms with Crippen molar-refractivity contribution in [3.05, 3.63) is 65.7 Å². The second kappa shape index (κ2) is 9.44. The summed E-state index contributed by atoms with van der Waals surface area (Å²) < 4.78 is 5.44. The Morgan fingerprint density at radius 2 is 1.80 bits per heavy atom. The lowest BCUT2D eigenvalue weighted by Crippen LogP contribution is -2.36. The van der Waals surface area contributed by atoms with Gasteiger partial charge in [0.15, 0.2) is 0 Å². The zero-order valence-electron chi connectivity index (χ0n) is 14.3. The van der Waals surface area contributed by atoms with Crippen molar-refractivity contribution in [1.29, 1.82) is 0 Å². The molecule has 0 unspecified atom stereocenters. The molecule has 0 spiro atoms. The van der Waals surface area contributed by atoms with Crippen LogP contribution in [0.1, 0.15) is 28.8 Å². The molecule has 3 rings (SSSR count). The average molecular weight is 361 g/mol. The predicted octanol–water partition coefficient (Wildman–Crippen LogP) is 3.76. The first kappa shape index (κ1) is 19.3. The first-order valence-corrected chi connectivity index (χ1v) is 8.49. The third-order valence-electron chi connectivity index (χ3n) is 4.46. The van der Waals surface area contributed by atoms with Gasteiger partial charge in [0.1, 0.15) is 0 Å². The van der Waals surface area contributed by atoms with E-state index in [1.54, 1.807) is 12.1 Å². The Hall–Kier alpha value is -2.04. The van der Waals surface area contributed by atoms with E-state index in [9.17, 15) is 4.79 Å². The minimum Gasteiger partial charge on any atom is -0.399 e. The van der Waals surface area contributed by atoms with Crippen LogP contribution < -0.4 is 5.73 Å². The van der Waals surface area contributed by atoms with Crippen molar-refractivity contribution in [2.75, 3.05) is 25.5 Å². The molecule has 1 aliphatic heterocycles. The number of benzene rings is 2. The molecule has 2 aromatic rings. The van der Waals surface area contributed by atoms with Crippen LogP contribution >= 0.6 is 12.4 Å². The molecule has 1 fully saturated rings. The standard InChI is InChI=1S/C20H24N2O2.ClH/c21-19-8-4-7-18(13-19)20(23)22(14-16-5-2-1-3-6-16)15-17-9-11-24-12-10-17;/h1-8,13,17H,9-12,14-15,21H2;1H. The number of nitrogens with zero attached hydrogens (tertiary/aromatic N) is 1. The maximum Gasteiger partial charge on any atom is 0.254 e. The summed E-state index contributed by atoms with van der Waals surface area (Å²) in [5, 5.41) is 0. The van der Waals surface area contributed by atoms with Gasteiger partial charge in [-0.1, -0.05) is 36.4 Å². The summed E-state index contributed by atoms with van der Waals surface area (Å²) in [4.78, 5) is 15.0. The summed E-state index contributed by atoms with van der Waals surface area (Å²) in [6, 6.07) is 17.3. The van der Waals surface area contributed by atoms with Crippen molar-refractivity contribution < 1.29 is 9.53 Å². The largest absolute Gasteiger partial charge is 0.399 e. The predicted molar refractivity (Wildman–Crippen MR) is 103 cm³/mol. The number of amides is 1. The van der Waals surface area contributed by atoms with Crippen LogP contribution in [-0.2, 0) is 11.3 Å². The van der Waals surface area contributed by atoms with Gasteiger partial charge in [-0.15, -0.1) is 12.4 Å². The van der Waals surface area contributed by atoms with Crippen LogP contribution in [0.3, 0.4) is 0 Å². The Morgan fingerprint density at radius 1 is 1.08 bits per heavy atom. The van der Waals surface area contributed by atoms with Crippen LogP contribution in [0.4, 0.5) is 5.69 Å². The molecule has 4 nitrogen and oxygen atoms in total. The van der Waals surface area contributed by atoms with Gasteiger partial charge in [-0.2, -0.15) is 0 Å². The second-order valence-electron chi connectivity index (χ2n) is 6.35. The number of halogens is 1. The zero-order valence-corrected chi connectivity index (χ0v) is 15.1. The topological polar surface area (TPSA) is 55.6 Å². The molecule has 1 aliphatic rings. The van der Waals surface area contributed by atoms with E-state index in [0.717, 1.165) is 38.2 Å². The number of ether oxygens (including phenoxy) is 1. The first-order chi connectivity index (χ1) is 11.7. The third-order valence-corrected chi connectivity index (χ3v) is 4.46. The molecule has 0 saturated carbocycles. The van der Waals surface area contributed by atoms with E-state index in [1.807, 2.05) is 35.2 Å². The van der Waals surface area contributed by atoms with E-state index in [-0.39, 0.29) is 18.3 Å². The molecule has 2 aromatic carbocycles. The molecule has 0 radical (unpaired) electrons. The van der Waals surface area contributed by atoms with Gasteiger partial charge in [-0.25, -0.2) is 0 Å². The van der Waals surface area contributed by atoms with E-state index < -0.39 is 0 Å². The van der Waals surface area contributed by atoms with Gasteiger partial charge in [0.05, 0.1) is 0 Å². The van der Waals surface area contributed by atoms with Crippen molar-refractivity contribution in [3.63, 3.8) is 0 Å². The molecule has 25 heavy (non-hydrogen) atoms. The second-order valence-corrected chi connectivity index (χ2v) is 6.35. The Bertz CT molecular complexity index is 672. The number of hydrogen-bond donors (Lipinski definition) is 1. The van der Waals surface area contributed by atoms with Crippen LogP contribution in [0.15, 0.2) is 54.6 Å². The van der Waals surface area contributed by atoms with Crippen molar-refractivity contribution in [2.45, 2.75) is 19.4 Å². The maximum absolute atomic E-state index is 13.0. The molecular weight excluding hydrogens is 336 g/mol. The zero-order chi connectivity index (χ0) is 16.8. The van der Waals surface area contributed by atoms with Crippen LogP contribution in [0.5, 0.6) is 0 Å². The average Bonchev–Trinajstić information content (AvgIpc) is 2.62. The lowest BCUT2D eigenvalue weighted by Gasteiger charge is -2.30. The monoisotopic (exact) mass is 360 g/mol. The molecule has 1 heterocycles. The van der Waals surface area contributed by atoms with Gasteiger partial charge < -0.3 is 15.4 Å². The van der Waals surface area contributed by atoms with Crippen molar-refractivity contribution in [2.24, 2.45) is 5.92 Å². The molecule has 134 valence electrons. The summed E-state index contributed by atoms with van der Waals surface area (Å²) >= 11 is 0.